The van der Waals surface area contributed by atoms with Crippen LogP contribution in [-0.2, 0) is 14.1 Å². The number of hydrogen-bond acceptors (Lipinski definition) is 4. The zero-order valence-corrected chi connectivity index (χ0v) is 14.7. The van der Waals surface area contributed by atoms with Crippen molar-refractivity contribution in [1.82, 2.24) is 10.1 Å². The molecule has 0 spiro atoms. The number of ether oxygens (including phenoxy) is 1. The molecule has 1 aromatic heterocycles. The molecule has 0 aliphatic rings. The lowest BCUT2D eigenvalue weighted by atomic mass is 10.1. The summed E-state index contributed by atoms with van der Waals surface area (Å²) in [6.07, 6.45) is 0. The van der Waals surface area contributed by atoms with Gasteiger partial charge < -0.3 is 14.2 Å². The number of halogens is 1. The zero-order valence-electron chi connectivity index (χ0n) is 13.1. The molecular formula is C16H16ClN2O4P. The summed E-state index contributed by atoms with van der Waals surface area (Å²) >= 11 is 5.99. The van der Waals surface area contributed by atoms with Crippen molar-refractivity contribution < 1.29 is 18.6 Å². The Labute approximate surface area is 143 Å². The average molecular weight is 367 g/mol. The number of aromatic amines is 1. The first-order valence-electron chi connectivity index (χ1n) is 7.25. The first kappa shape index (κ1) is 16.8. The van der Waals surface area contributed by atoms with Crippen molar-refractivity contribution in [2.45, 2.75) is 13.0 Å². The SMILES string of the molecule is COC(=O)[C@H](C)NP(=O)(Cl)Oc1cccc2[nH]c3ccccc3c12. The maximum Gasteiger partial charge on any atom is 0.409 e. The van der Waals surface area contributed by atoms with Crippen molar-refractivity contribution in [2.75, 3.05) is 7.11 Å². The molecule has 8 heteroatoms. The predicted octanol–water partition coefficient (Wildman–Crippen LogP) is 4.20. The summed E-state index contributed by atoms with van der Waals surface area (Å²) in [5.74, 6) is -0.211. The number of methoxy groups -OCH3 is 1. The largest absolute Gasteiger partial charge is 0.468 e. The van der Waals surface area contributed by atoms with E-state index in [9.17, 15) is 9.36 Å². The van der Waals surface area contributed by atoms with E-state index in [1.54, 1.807) is 12.1 Å². The Morgan fingerprint density at radius 3 is 2.67 bits per heavy atom. The number of rotatable bonds is 5. The Bertz CT molecular complexity index is 956. The van der Waals surface area contributed by atoms with Crippen molar-refractivity contribution in [1.29, 1.82) is 0 Å². The maximum atomic E-state index is 12.5. The van der Waals surface area contributed by atoms with E-state index in [0.29, 0.717) is 5.75 Å². The minimum atomic E-state index is -3.79. The van der Waals surface area contributed by atoms with Gasteiger partial charge in [-0.2, -0.15) is 0 Å². The average Bonchev–Trinajstić information content (AvgIpc) is 2.92. The lowest BCUT2D eigenvalue weighted by Gasteiger charge is -2.18. The molecule has 2 atom stereocenters. The second kappa shape index (κ2) is 6.48. The molecule has 3 aromatic rings. The summed E-state index contributed by atoms with van der Waals surface area (Å²) in [6.45, 7) is -2.29. The highest BCUT2D eigenvalue weighted by Gasteiger charge is 2.28. The van der Waals surface area contributed by atoms with Crippen LogP contribution < -0.4 is 9.61 Å². The van der Waals surface area contributed by atoms with Gasteiger partial charge in [-0.15, -0.1) is 0 Å². The fourth-order valence-electron chi connectivity index (χ4n) is 2.56. The molecule has 126 valence electrons. The number of carbonyl (C=O) groups excluding carboxylic acids is 1. The van der Waals surface area contributed by atoms with Crippen LogP contribution in [-0.4, -0.2) is 24.1 Å². The number of hydrogen-bond donors (Lipinski definition) is 2. The van der Waals surface area contributed by atoms with Gasteiger partial charge in [-0.1, -0.05) is 24.3 Å². The Morgan fingerprint density at radius 2 is 1.92 bits per heavy atom. The molecule has 1 unspecified atom stereocenters. The van der Waals surface area contributed by atoms with E-state index in [-0.39, 0.29) is 0 Å². The normalized spacial score (nSPS) is 15.1. The Kier molecular flexibility index (Phi) is 4.54. The van der Waals surface area contributed by atoms with Crippen LogP contribution >= 0.6 is 18.1 Å². The lowest BCUT2D eigenvalue weighted by Crippen LogP contribution is -2.32. The number of esters is 1. The third-order valence-corrected chi connectivity index (χ3v) is 5.24. The molecule has 0 aliphatic heterocycles. The molecule has 2 aromatic carbocycles. The maximum absolute atomic E-state index is 12.5. The molecule has 0 aliphatic carbocycles. The summed E-state index contributed by atoms with van der Waals surface area (Å²) in [5.41, 5.74) is 1.77. The van der Waals surface area contributed by atoms with Crippen LogP contribution in [0.2, 0.25) is 0 Å². The van der Waals surface area contributed by atoms with Gasteiger partial charge in [0.15, 0.2) is 0 Å². The van der Waals surface area contributed by atoms with Crippen molar-refractivity contribution in [3.63, 3.8) is 0 Å². The highest BCUT2D eigenvalue weighted by molar-refractivity contribution is 7.84. The van der Waals surface area contributed by atoms with E-state index in [4.69, 9.17) is 15.8 Å². The molecule has 0 saturated carbocycles. The highest BCUT2D eigenvalue weighted by Crippen LogP contribution is 2.50. The van der Waals surface area contributed by atoms with Gasteiger partial charge in [-0.05, 0) is 25.1 Å². The van der Waals surface area contributed by atoms with Crippen LogP contribution in [0.15, 0.2) is 42.5 Å². The molecular weight excluding hydrogens is 351 g/mol. The van der Waals surface area contributed by atoms with Gasteiger partial charge in [0.05, 0.1) is 12.6 Å². The number of para-hydroxylation sites is 1. The lowest BCUT2D eigenvalue weighted by molar-refractivity contribution is -0.142. The van der Waals surface area contributed by atoms with Crippen LogP contribution in [0.1, 0.15) is 6.92 Å². The quantitative estimate of drug-likeness (QED) is 0.522. The number of benzene rings is 2. The van der Waals surface area contributed by atoms with E-state index in [0.717, 1.165) is 21.8 Å². The van der Waals surface area contributed by atoms with Gasteiger partial charge in [-0.3, -0.25) is 4.79 Å². The van der Waals surface area contributed by atoms with Crippen LogP contribution in [0.25, 0.3) is 21.8 Å². The Balaban J connectivity index is 1.98. The van der Waals surface area contributed by atoms with E-state index in [1.165, 1.54) is 14.0 Å². The first-order chi connectivity index (χ1) is 11.4. The second-order valence-electron chi connectivity index (χ2n) is 5.29. The van der Waals surface area contributed by atoms with Gasteiger partial charge in [0.2, 0.25) is 0 Å². The van der Waals surface area contributed by atoms with Gasteiger partial charge in [0.1, 0.15) is 11.8 Å². The molecule has 2 N–H and O–H groups in total. The summed E-state index contributed by atoms with van der Waals surface area (Å²) < 4.78 is 22.6. The Hall–Kier alpha value is -2.01. The van der Waals surface area contributed by atoms with E-state index < -0.39 is 18.9 Å². The monoisotopic (exact) mass is 366 g/mol. The first-order valence-corrected chi connectivity index (χ1v) is 9.78. The minimum Gasteiger partial charge on any atom is -0.468 e. The summed E-state index contributed by atoms with van der Waals surface area (Å²) in [7, 11) is 1.24. The molecule has 24 heavy (non-hydrogen) atoms. The second-order valence-corrected chi connectivity index (χ2v) is 8.03. The van der Waals surface area contributed by atoms with Gasteiger partial charge in [0, 0.05) is 27.5 Å². The summed E-state index contributed by atoms with van der Waals surface area (Å²) in [6, 6.07) is 12.2. The number of fused-ring (bicyclic) bond motifs is 3. The molecule has 1 heterocycles. The predicted molar refractivity (Wildman–Crippen MR) is 94.5 cm³/mol. The molecule has 0 fully saturated rings. The van der Waals surface area contributed by atoms with Crippen LogP contribution in [0.3, 0.4) is 0 Å². The van der Waals surface area contributed by atoms with E-state index in [1.807, 2.05) is 30.3 Å². The standard InChI is InChI=1S/C16H16ClN2O4P/c1-10(16(20)22-2)19-24(17,21)23-14-9-5-8-13-15(14)11-6-3-4-7-12(11)18-13/h3-10,18H,1-2H3,(H,19,21)/t10-,24?/m0/s1. The third-order valence-electron chi connectivity index (χ3n) is 3.61. The highest BCUT2D eigenvalue weighted by atomic mass is 35.7. The van der Waals surface area contributed by atoms with Crippen molar-refractivity contribution in [3.8, 4) is 5.75 Å². The molecule has 0 radical (unpaired) electrons. The number of carbonyl (C=O) groups is 1. The van der Waals surface area contributed by atoms with Gasteiger partial charge in [-0.25, -0.2) is 9.65 Å². The molecule has 0 bridgehead atoms. The molecule has 0 amide bonds. The molecule has 6 nitrogen and oxygen atoms in total. The number of H-pyrrole nitrogens is 1. The summed E-state index contributed by atoms with van der Waals surface area (Å²) in [4.78, 5) is 14.7. The number of aromatic nitrogens is 1. The van der Waals surface area contributed by atoms with Crippen LogP contribution in [0, 0.1) is 0 Å². The fraction of sp³-hybridized carbons (Fsp3) is 0.188. The molecule has 3 rings (SSSR count). The van der Waals surface area contributed by atoms with Crippen molar-refractivity contribution >= 4 is 45.9 Å². The molecule has 0 saturated heterocycles. The smallest absolute Gasteiger partial charge is 0.409 e. The number of nitrogens with one attached hydrogen (secondary N) is 2. The Morgan fingerprint density at radius 1 is 1.21 bits per heavy atom. The van der Waals surface area contributed by atoms with E-state index >= 15 is 0 Å². The minimum absolute atomic E-state index is 0.368. The fourth-order valence-corrected chi connectivity index (χ4v) is 4.25. The van der Waals surface area contributed by atoms with E-state index in [2.05, 4.69) is 14.8 Å². The van der Waals surface area contributed by atoms with Gasteiger partial charge in [0.25, 0.3) is 0 Å². The van der Waals surface area contributed by atoms with Crippen molar-refractivity contribution in [2.24, 2.45) is 0 Å². The van der Waals surface area contributed by atoms with Crippen molar-refractivity contribution in [3.05, 3.63) is 42.5 Å². The third kappa shape index (κ3) is 3.26. The van der Waals surface area contributed by atoms with Gasteiger partial charge >= 0.3 is 12.8 Å². The zero-order chi connectivity index (χ0) is 17.3. The summed E-state index contributed by atoms with van der Waals surface area (Å²) in [5, 5.41) is 4.18. The van der Waals surface area contributed by atoms with Crippen LogP contribution in [0.4, 0.5) is 0 Å². The topological polar surface area (TPSA) is 80.4 Å². The van der Waals surface area contributed by atoms with Crippen LogP contribution in [0.5, 0.6) is 5.75 Å².